The molecule has 0 aromatic heterocycles. The maximum Gasteiger partial charge on any atom is 0.172 e. The molecule has 4 heteroatoms. The summed E-state index contributed by atoms with van der Waals surface area (Å²) in [6.07, 6.45) is 3.43. The summed E-state index contributed by atoms with van der Waals surface area (Å²) in [5.41, 5.74) is 4.06. The Morgan fingerprint density at radius 2 is 1.71 bits per heavy atom. The van der Waals surface area contributed by atoms with Crippen LogP contribution < -0.4 is 11.3 Å². The van der Waals surface area contributed by atoms with E-state index in [0.717, 1.165) is 11.3 Å². The molecule has 0 bridgehead atoms. The average Bonchev–Trinajstić information content (AvgIpc) is 2.67. The summed E-state index contributed by atoms with van der Waals surface area (Å²) in [5, 5.41) is 0. The van der Waals surface area contributed by atoms with Gasteiger partial charge in [0.1, 0.15) is 0 Å². The van der Waals surface area contributed by atoms with E-state index < -0.39 is 5.66 Å². The Morgan fingerprint density at radius 1 is 1.14 bits per heavy atom. The number of hydrogen-bond donors (Lipinski definition) is 2. The lowest BCUT2D eigenvalue weighted by Crippen LogP contribution is -2.13. The summed E-state index contributed by atoms with van der Waals surface area (Å²) in [6.45, 7) is 1.97. The molecule has 1 heterocycles. The summed E-state index contributed by atoms with van der Waals surface area (Å²) in [4.78, 5) is 8.59. The number of hydrazine groups is 1. The zero-order valence-corrected chi connectivity index (χ0v) is 7.94. The summed E-state index contributed by atoms with van der Waals surface area (Å²) in [5.74, 6) is 5.28. The molecule has 0 fully saturated rings. The third-order valence-corrected chi connectivity index (χ3v) is 2.32. The summed E-state index contributed by atoms with van der Waals surface area (Å²) in [6, 6.07) is 7.75. The van der Waals surface area contributed by atoms with Crippen molar-refractivity contribution >= 4 is 18.1 Å². The van der Waals surface area contributed by atoms with Gasteiger partial charge in [-0.25, -0.2) is 0 Å². The first kappa shape index (κ1) is 8.90. The number of nitrogens with one attached hydrogen (secondary N) is 1. The minimum absolute atomic E-state index is 0.451. The van der Waals surface area contributed by atoms with E-state index in [4.69, 9.17) is 5.84 Å². The fourth-order valence-electron chi connectivity index (χ4n) is 1.42. The second kappa shape index (κ2) is 3.23. The van der Waals surface area contributed by atoms with Gasteiger partial charge in [-0.3, -0.25) is 15.8 Å². The van der Waals surface area contributed by atoms with E-state index in [1.54, 1.807) is 12.4 Å². The average molecular weight is 188 g/mol. The molecule has 3 N–H and O–H groups in total. The lowest BCUT2D eigenvalue weighted by Gasteiger charge is -2.17. The molecule has 4 nitrogen and oxygen atoms in total. The molecule has 72 valence electrons. The smallest absolute Gasteiger partial charge is 0.172 e. The van der Waals surface area contributed by atoms with Crippen LogP contribution in [-0.4, -0.2) is 12.4 Å². The number of aliphatic imine (C=N–C) groups is 2. The van der Waals surface area contributed by atoms with E-state index in [0.29, 0.717) is 0 Å². The highest BCUT2D eigenvalue weighted by Crippen LogP contribution is 2.29. The Labute approximate surface area is 82.5 Å². The Kier molecular flexibility index (Phi) is 2.05. The molecule has 0 spiro atoms. The van der Waals surface area contributed by atoms with Gasteiger partial charge in [-0.15, -0.1) is 0 Å². The first-order valence-electron chi connectivity index (χ1n) is 4.41. The molecule has 1 aliphatic heterocycles. The van der Waals surface area contributed by atoms with Crippen LogP contribution in [0.15, 0.2) is 34.3 Å². The van der Waals surface area contributed by atoms with Crippen LogP contribution in [0.25, 0.3) is 0 Å². The van der Waals surface area contributed by atoms with Crippen LogP contribution in [0.4, 0.5) is 5.69 Å². The van der Waals surface area contributed by atoms with E-state index in [9.17, 15) is 0 Å². The molecule has 1 aromatic carbocycles. The van der Waals surface area contributed by atoms with Crippen molar-refractivity contribution in [3.8, 4) is 0 Å². The summed E-state index contributed by atoms with van der Waals surface area (Å²) >= 11 is 0. The highest BCUT2D eigenvalue weighted by Gasteiger charge is 2.24. The van der Waals surface area contributed by atoms with Gasteiger partial charge in [0.25, 0.3) is 0 Å². The number of nitrogens with two attached hydrogens (primary N) is 1. The Bertz CT molecular complexity index is 366. The minimum atomic E-state index is -0.451. The second-order valence-corrected chi connectivity index (χ2v) is 3.30. The Hall–Kier alpha value is -1.68. The van der Waals surface area contributed by atoms with E-state index in [1.165, 1.54) is 0 Å². The van der Waals surface area contributed by atoms with Gasteiger partial charge in [0.15, 0.2) is 5.66 Å². The van der Waals surface area contributed by atoms with Crippen molar-refractivity contribution in [2.24, 2.45) is 15.8 Å². The van der Waals surface area contributed by atoms with Crippen molar-refractivity contribution in [2.45, 2.75) is 12.6 Å². The highest BCUT2D eigenvalue weighted by atomic mass is 15.2. The van der Waals surface area contributed by atoms with Crippen LogP contribution in [-0.2, 0) is 5.66 Å². The van der Waals surface area contributed by atoms with Crippen LogP contribution in [0.5, 0.6) is 0 Å². The third-order valence-electron chi connectivity index (χ3n) is 2.32. The normalized spacial score (nSPS) is 17.3. The molecule has 0 atom stereocenters. The molecule has 0 saturated heterocycles. The van der Waals surface area contributed by atoms with Gasteiger partial charge in [0, 0.05) is 23.7 Å². The fraction of sp³-hybridized carbons (Fsp3) is 0.200. The second-order valence-electron chi connectivity index (χ2n) is 3.30. The van der Waals surface area contributed by atoms with Gasteiger partial charge < -0.3 is 5.43 Å². The van der Waals surface area contributed by atoms with Crippen LogP contribution in [0, 0.1) is 0 Å². The molecule has 0 unspecified atom stereocenters. The predicted octanol–water partition coefficient (Wildman–Crippen LogP) is 1.30. The lowest BCUT2D eigenvalue weighted by atomic mass is 10.0. The number of nitrogens with zero attached hydrogens (tertiary/aromatic N) is 2. The zero-order valence-electron chi connectivity index (χ0n) is 7.94. The molecule has 0 amide bonds. The van der Waals surface area contributed by atoms with Crippen LogP contribution >= 0.6 is 0 Å². The first-order valence-corrected chi connectivity index (χ1v) is 4.41. The molecule has 0 radical (unpaired) electrons. The van der Waals surface area contributed by atoms with E-state index in [-0.39, 0.29) is 0 Å². The van der Waals surface area contributed by atoms with Gasteiger partial charge in [0.2, 0.25) is 0 Å². The number of rotatable bonds is 2. The van der Waals surface area contributed by atoms with Gasteiger partial charge in [-0.2, -0.15) is 0 Å². The predicted molar refractivity (Wildman–Crippen MR) is 58.6 cm³/mol. The number of nitrogen functional groups attached to an aromatic ring is 1. The van der Waals surface area contributed by atoms with Gasteiger partial charge in [-0.05, 0) is 19.1 Å². The SMILES string of the molecule is CC1(c2ccc(NN)cc2)N=CC=N1. The van der Waals surface area contributed by atoms with Crippen LogP contribution in [0.3, 0.4) is 0 Å². The van der Waals surface area contributed by atoms with Crippen molar-refractivity contribution in [3.05, 3.63) is 29.8 Å². The molecule has 0 saturated carbocycles. The molecule has 1 aliphatic rings. The fourth-order valence-corrected chi connectivity index (χ4v) is 1.42. The topological polar surface area (TPSA) is 62.8 Å². The van der Waals surface area contributed by atoms with Crippen LogP contribution in [0.2, 0.25) is 0 Å². The molecule has 0 aliphatic carbocycles. The monoisotopic (exact) mass is 188 g/mol. The van der Waals surface area contributed by atoms with Gasteiger partial charge in [-0.1, -0.05) is 12.1 Å². The van der Waals surface area contributed by atoms with Crippen molar-refractivity contribution in [1.29, 1.82) is 0 Å². The number of hydrogen-bond acceptors (Lipinski definition) is 4. The summed E-state index contributed by atoms with van der Waals surface area (Å²) < 4.78 is 0. The van der Waals surface area contributed by atoms with E-state index in [1.807, 2.05) is 31.2 Å². The lowest BCUT2D eigenvalue weighted by molar-refractivity contribution is 0.543. The van der Waals surface area contributed by atoms with Gasteiger partial charge >= 0.3 is 0 Å². The summed E-state index contributed by atoms with van der Waals surface area (Å²) in [7, 11) is 0. The number of benzene rings is 1. The Balaban J connectivity index is 2.33. The third kappa shape index (κ3) is 1.40. The minimum Gasteiger partial charge on any atom is -0.324 e. The molecule has 2 rings (SSSR count). The van der Waals surface area contributed by atoms with Crippen molar-refractivity contribution in [2.75, 3.05) is 5.43 Å². The van der Waals surface area contributed by atoms with E-state index >= 15 is 0 Å². The largest absolute Gasteiger partial charge is 0.324 e. The van der Waals surface area contributed by atoms with Crippen molar-refractivity contribution < 1.29 is 0 Å². The first-order chi connectivity index (χ1) is 6.74. The molecule has 1 aromatic rings. The quantitative estimate of drug-likeness (QED) is 0.542. The standard InChI is InChI=1S/C10H12N4/c1-10(12-6-7-13-10)8-2-4-9(14-11)5-3-8/h2-7,14H,11H2,1H3. The van der Waals surface area contributed by atoms with E-state index in [2.05, 4.69) is 15.4 Å². The zero-order chi connectivity index (χ0) is 10.0. The maximum absolute atomic E-state index is 5.28. The Morgan fingerprint density at radius 3 is 2.21 bits per heavy atom. The van der Waals surface area contributed by atoms with Gasteiger partial charge in [0.05, 0.1) is 0 Å². The van der Waals surface area contributed by atoms with Crippen molar-refractivity contribution in [3.63, 3.8) is 0 Å². The number of anilines is 1. The highest BCUT2D eigenvalue weighted by molar-refractivity contribution is 6.17. The molecule has 14 heavy (non-hydrogen) atoms. The van der Waals surface area contributed by atoms with Crippen molar-refractivity contribution in [1.82, 2.24) is 0 Å². The van der Waals surface area contributed by atoms with Crippen LogP contribution in [0.1, 0.15) is 12.5 Å². The molecular formula is C10H12N4. The molecular weight excluding hydrogens is 176 g/mol. The maximum atomic E-state index is 5.28.